The number of hydrogen-bond donors (Lipinski definition) is 1. The lowest BCUT2D eigenvalue weighted by atomic mass is 9.65. The molecule has 0 aromatic heterocycles. The minimum atomic E-state index is -0.888. The third-order valence-electron chi connectivity index (χ3n) is 12.1. The first-order valence-corrected chi connectivity index (χ1v) is 16.8. The minimum Gasteiger partial charge on any atom is -0.493 e. The van der Waals surface area contributed by atoms with Gasteiger partial charge < -0.3 is 19.5 Å². The summed E-state index contributed by atoms with van der Waals surface area (Å²) in [5.74, 6) is 4.69. The maximum atomic E-state index is 14.0. The fourth-order valence-electron chi connectivity index (χ4n) is 10.3. The summed E-state index contributed by atoms with van der Waals surface area (Å²) in [5.41, 5.74) is 4.30. The standard InChI is InChI=1S/C38H42ClNO4/c1-21(2)44-33-19-29-24(17-32(33)43-4)18-34(41)40(36(29)22-5-9-27(39)10-6-22)28-11-7-26(8-12-28)37(3,42)35-25-15-23-13-14-38(20-31(35)38)30(23)16-25/h5-12,17,19,21,23,25,30-31,35-36,42H,13-16,18,20H2,1-4H3/t23?,25?,30?,31?,35?,36-,37?,38?/m0/s1. The molecule has 1 heterocycles. The van der Waals surface area contributed by atoms with E-state index in [9.17, 15) is 9.90 Å². The molecule has 1 aliphatic heterocycles. The van der Waals surface area contributed by atoms with E-state index in [-0.39, 0.29) is 24.5 Å². The van der Waals surface area contributed by atoms with Gasteiger partial charge >= 0.3 is 0 Å². The molecule has 7 unspecified atom stereocenters. The maximum Gasteiger partial charge on any atom is 0.232 e. The molecule has 0 radical (unpaired) electrons. The van der Waals surface area contributed by atoms with Gasteiger partial charge in [-0.1, -0.05) is 35.9 Å². The summed E-state index contributed by atoms with van der Waals surface area (Å²) in [4.78, 5) is 15.9. The van der Waals surface area contributed by atoms with Crippen LogP contribution in [-0.2, 0) is 16.8 Å². The number of rotatable bonds is 7. The van der Waals surface area contributed by atoms with E-state index >= 15 is 0 Å². The van der Waals surface area contributed by atoms with Crippen LogP contribution < -0.4 is 14.4 Å². The zero-order valence-corrected chi connectivity index (χ0v) is 26.8. The van der Waals surface area contributed by atoms with Gasteiger partial charge in [0.1, 0.15) is 0 Å². The predicted octanol–water partition coefficient (Wildman–Crippen LogP) is 8.09. The lowest BCUT2D eigenvalue weighted by Gasteiger charge is -2.43. The topological polar surface area (TPSA) is 59.0 Å². The number of fused-ring (bicyclic) bond motifs is 2. The molecule has 0 saturated heterocycles. The van der Waals surface area contributed by atoms with Crippen molar-refractivity contribution in [3.8, 4) is 11.5 Å². The van der Waals surface area contributed by atoms with Crippen LogP contribution in [0.3, 0.4) is 0 Å². The summed E-state index contributed by atoms with van der Waals surface area (Å²) in [6, 6.07) is 19.5. The van der Waals surface area contributed by atoms with E-state index in [2.05, 4.69) is 12.1 Å². The number of carbonyl (C=O) groups excluding carboxylic acids is 1. The fourth-order valence-corrected chi connectivity index (χ4v) is 10.5. The summed E-state index contributed by atoms with van der Waals surface area (Å²) in [6.45, 7) is 6.04. The molecule has 8 atom stereocenters. The van der Waals surface area contributed by atoms with Gasteiger partial charge in [-0.15, -0.1) is 0 Å². The van der Waals surface area contributed by atoms with Crippen LogP contribution in [0.4, 0.5) is 5.69 Å². The van der Waals surface area contributed by atoms with Gasteiger partial charge in [0.05, 0.1) is 31.3 Å². The fraction of sp³-hybridized carbons (Fsp3) is 0.500. The van der Waals surface area contributed by atoms with Crippen molar-refractivity contribution in [1.82, 2.24) is 0 Å². The average molecular weight is 612 g/mol. The molecular formula is C38H42ClNO4. The van der Waals surface area contributed by atoms with Crippen LogP contribution >= 0.6 is 11.6 Å². The molecule has 44 heavy (non-hydrogen) atoms. The zero-order valence-electron chi connectivity index (χ0n) is 26.1. The highest BCUT2D eigenvalue weighted by atomic mass is 35.5. The van der Waals surface area contributed by atoms with E-state index < -0.39 is 5.60 Å². The Labute approximate surface area is 265 Å². The lowest BCUT2D eigenvalue weighted by molar-refractivity contribution is -0.118. The van der Waals surface area contributed by atoms with Crippen LogP contribution in [-0.4, -0.2) is 24.2 Å². The number of aliphatic hydroxyl groups is 1. The highest BCUT2D eigenvalue weighted by molar-refractivity contribution is 6.30. The molecule has 3 aromatic carbocycles. The minimum absolute atomic E-state index is 0.0109. The first kappa shape index (κ1) is 28.5. The first-order chi connectivity index (χ1) is 21.1. The Balaban J connectivity index is 1.16. The van der Waals surface area contributed by atoms with Crippen LogP contribution in [0.15, 0.2) is 60.7 Å². The second-order valence-corrected chi connectivity index (χ2v) is 15.1. The Morgan fingerprint density at radius 2 is 1.75 bits per heavy atom. The van der Waals surface area contributed by atoms with Crippen molar-refractivity contribution in [2.45, 2.75) is 77.0 Å². The molecule has 4 saturated carbocycles. The molecule has 2 bridgehead atoms. The number of benzene rings is 3. The predicted molar refractivity (Wildman–Crippen MR) is 172 cm³/mol. The summed E-state index contributed by atoms with van der Waals surface area (Å²) < 4.78 is 11.8. The van der Waals surface area contributed by atoms with Crippen LogP contribution in [0.2, 0.25) is 5.02 Å². The number of ether oxygens (including phenoxy) is 2. The van der Waals surface area contributed by atoms with Gasteiger partial charge in [-0.25, -0.2) is 0 Å². The van der Waals surface area contributed by atoms with E-state index in [4.69, 9.17) is 21.1 Å². The van der Waals surface area contributed by atoms with Crippen molar-refractivity contribution in [1.29, 1.82) is 0 Å². The van der Waals surface area contributed by atoms with Gasteiger partial charge in [0.25, 0.3) is 0 Å². The van der Waals surface area contributed by atoms with Crippen molar-refractivity contribution in [2.75, 3.05) is 12.0 Å². The lowest BCUT2D eigenvalue weighted by Crippen LogP contribution is -2.42. The molecule has 1 spiro atoms. The Morgan fingerprint density at radius 3 is 2.45 bits per heavy atom. The van der Waals surface area contributed by atoms with Gasteiger partial charge in [0.15, 0.2) is 11.5 Å². The van der Waals surface area contributed by atoms with E-state index in [0.29, 0.717) is 39.7 Å². The molecular weight excluding hydrogens is 570 g/mol. The van der Waals surface area contributed by atoms with Gasteiger partial charge in [0, 0.05) is 10.7 Å². The third kappa shape index (κ3) is 4.18. The van der Waals surface area contributed by atoms with Crippen LogP contribution in [0.25, 0.3) is 0 Å². The van der Waals surface area contributed by atoms with Crippen molar-refractivity contribution in [3.63, 3.8) is 0 Å². The van der Waals surface area contributed by atoms with E-state index in [1.807, 2.05) is 74.2 Å². The number of nitrogens with zero attached hydrogens (tertiary/aromatic N) is 1. The van der Waals surface area contributed by atoms with Crippen molar-refractivity contribution >= 4 is 23.2 Å². The quantitative estimate of drug-likeness (QED) is 0.293. The Bertz CT molecular complexity index is 1610. The smallest absolute Gasteiger partial charge is 0.232 e. The number of hydrogen-bond acceptors (Lipinski definition) is 4. The number of methoxy groups -OCH3 is 1. The van der Waals surface area contributed by atoms with Crippen LogP contribution in [0, 0.1) is 35.0 Å². The van der Waals surface area contributed by atoms with Gasteiger partial charge in [-0.2, -0.15) is 0 Å². The molecule has 230 valence electrons. The summed E-state index contributed by atoms with van der Waals surface area (Å²) >= 11 is 6.30. The second kappa shape index (κ2) is 9.99. The Morgan fingerprint density at radius 1 is 1.00 bits per heavy atom. The van der Waals surface area contributed by atoms with Crippen molar-refractivity contribution < 1.29 is 19.4 Å². The summed E-state index contributed by atoms with van der Waals surface area (Å²) in [5, 5.41) is 12.9. The van der Waals surface area contributed by atoms with Gasteiger partial charge in [-0.05, 0) is 147 Å². The average Bonchev–Trinajstić information content (AvgIpc) is 3.43. The molecule has 3 aromatic rings. The van der Waals surface area contributed by atoms with Gasteiger partial charge in [0.2, 0.25) is 5.91 Å². The van der Waals surface area contributed by atoms with Gasteiger partial charge in [-0.3, -0.25) is 4.79 Å². The molecule has 8 rings (SSSR count). The molecule has 1 amide bonds. The van der Waals surface area contributed by atoms with Crippen molar-refractivity contribution in [2.24, 2.45) is 35.0 Å². The molecule has 6 heteroatoms. The maximum absolute atomic E-state index is 14.0. The first-order valence-electron chi connectivity index (χ1n) is 16.4. The second-order valence-electron chi connectivity index (χ2n) is 14.7. The summed E-state index contributed by atoms with van der Waals surface area (Å²) in [6.07, 6.45) is 6.90. The van der Waals surface area contributed by atoms with Crippen LogP contribution in [0.5, 0.6) is 11.5 Å². The number of amides is 1. The highest BCUT2D eigenvalue weighted by Gasteiger charge is 2.74. The highest BCUT2D eigenvalue weighted by Crippen LogP contribution is 2.80. The normalized spacial score (nSPS) is 32.7. The molecule has 5 aliphatic rings. The number of anilines is 1. The van der Waals surface area contributed by atoms with E-state index in [1.165, 1.54) is 32.1 Å². The molecule has 4 fully saturated rings. The Kier molecular flexibility index (Phi) is 6.46. The van der Waals surface area contributed by atoms with Crippen LogP contribution in [0.1, 0.15) is 81.2 Å². The molecule has 4 aliphatic carbocycles. The third-order valence-corrected chi connectivity index (χ3v) is 12.3. The zero-order chi connectivity index (χ0) is 30.5. The van der Waals surface area contributed by atoms with E-state index in [1.54, 1.807) is 7.11 Å². The SMILES string of the molecule is COc1cc2c(cc1OC(C)C)[C@H](c1ccc(Cl)cc1)N(c1ccc(C(C)(O)C3C4CC5CCC6(CC36)C5C4)cc1)C(=O)C2. The van der Waals surface area contributed by atoms with Crippen molar-refractivity contribution in [3.05, 3.63) is 87.9 Å². The largest absolute Gasteiger partial charge is 0.493 e. The summed E-state index contributed by atoms with van der Waals surface area (Å²) in [7, 11) is 1.63. The number of halogens is 1. The molecule has 5 nitrogen and oxygen atoms in total. The number of carbonyl (C=O) groups is 1. The Hall–Kier alpha value is -3.02. The monoisotopic (exact) mass is 611 g/mol. The van der Waals surface area contributed by atoms with E-state index in [0.717, 1.165) is 39.8 Å². The molecule has 1 N–H and O–H groups in total.